The third kappa shape index (κ3) is 5.50. The van der Waals surface area contributed by atoms with Crippen molar-refractivity contribution in [1.29, 1.82) is 0 Å². The fourth-order valence-electron chi connectivity index (χ4n) is 1.72. The lowest BCUT2D eigenvalue weighted by Crippen LogP contribution is -2.22. The summed E-state index contributed by atoms with van der Waals surface area (Å²) >= 11 is 3.38. The molecule has 2 aromatic carbocycles. The Morgan fingerprint density at radius 1 is 1.09 bits per heavy atom. The summed E-state index contributed by atoms with van der Waals surface area (Å²) in [5, 5.41) is 13.8. The molecule has 4 nitrogen and oxygen atoms in total. The quantitative estimate of drug-likeness (QED) is 0.603. The van der Waals surface area contributed by atoms with Crippen molar-refractivity contribution in [2.75, 3.05) is 13.2 Å². The summed E-state index contributed by atoms with van der Waals surface area (Å²) in [6.45, 7) is 2.10. The topological polar surface area (TPSA) is 51.0 Å². The Hall–Kier alpha value is -1.85. The molecule has 0 aliphatic heterocycles. The van der Waals surface area contributed by atoms with Crippen LogP contribution in [-0.2, 0) is 4.84 Å². The SMILES string of the molecule is C/C(=N\OCC(O)COc1ccccc1)c1ccc(Br)cc1. The summed E-state index contributed by atoms with van der Waals surface area (Å²) in [5.74, 6) is 0.719. The molecular weight excluding hydrogens is 346 g/mol. The van der Waals surface area contributed by atoms with Gasteiger partial charge in [0.1, 0.15) is 25.1 Å². The minimum absolute atomic E-state index is 0.0840. The normalized spacial score (nSPS) is 12.8. The van der Waals surface area contributed by atoms with Crippen molar-refractivity contribution in [3.05, 3.63) is 64.6 Å². The predicted octanol–water partition coefficient (Wildman–Crippen LogP) is 3.63. The van der Waals surface area contributed by atoms with Crippen molar-refractivity contribution in [1.82, 2.24) is 0 Å². The Kier molecular flexibility index (Phi) is 6.43. The molecule has 0 fully saturated rings. The van der Waals surface area contributed by atoms with Crippen LogP contribution >= 0.6 is 15.9 Å². The van der Waals surface area contributed by atoms with E-state index in [0.29, 0.717) is 0 Å². The van der Waals surface area contributed by atoms with Gasteiger partial charge in [0.2, 0.25) is 0 Å². The van der Waals surface area contributed by atoms with Crippen molar-refractivity contribution >= 4 is 21.6 Å². The van der Waals surface area contributed by atoms with E-state index in [1.807, 2.05) is 61.5 Å². The molecule has 5 heteroatoms. The van der Waals surface area contributed by atoms with Gasteiger partial charge in [-0.3, -0.25) is 0 Å². The van der Waals surface area contributed by atoms with E-state index in [2.05, 4.69) is 21.1 Å². The lowest BCUT2D eigenvalue weighted by atomic mass is 10.1. The first-order valence-corrected chi connectivity index (χ1v) is 7.73. The molecule has 0 saturated heterocycles. The van der Waals surface area contributed by atoms with E-state index in [1.165, 1.54) is 0 Å². The highest BCUT2D eigenvalue weighted by atomic mass is 79.9. The van der Waals surface area contributed by atoms with E-state index in [1.54, 1.807) is 0 Å². The molecule has 0 aliphatic carbocycles. The van der Waals surface area contributed by atoms with E-state index in [0.717, 1.165) is 21.5 Å². The number of aliphatic hydroxyl groups excluding tert-OH is 1. The molecule has 0 heterocycles. The van der Waals surface area contributed by atoms with Gasteiger partial charge in [0.15, 0.2) is 0 Å². The van der Waals surface area contributed by atoms with Gasteiger partial charge in [0.25, 0.3) is 0 Å². The minimum atomic E-state index is -0.735. The van der Waals surface area contributed by atoms with Gasteiger partial charge in [-0.05, 0) is 36.8 Å². The minimum Gasteiger partial charge on any atom is -0.491 e. The van der Waals surface area contributed by atoms with Crippen LogP contribution in [-0.4, -0.2) is 30.1 Å². The molecule has 2 rings (SSSR count). The van der Waals surface area contributed by atoms with Gasteiger partial charge in [-0.1, -0.05) is 51.4 Å². The zero-order valence-corrected chi connectivity index (χ0v) is 13.9. The maximum Gasteiger partial charge on any atom is 0.146 e. The first-order valence-electron chi connectivity index (χ1n) is 6.93. The van der Waals surface area contributed by atoms with Crippen molar-refractivity contribution in [2.45, 2.75) is 13.0 Å². The summed E-state index contributed by atoms with van der Waals surface area (Å²) in [6, 6.07) is 17.1. The second-order valence-electron chi connectivity index (χ2n) is 4.76. The van der Waals surface area contributed by atoms with Crippen LogP contribution in [0.1, 0.15) is 12.5 Å². The molecule has 22 heavy (non-hydrogen) atoms. The van der Waals surface area contributed by atoms with Crippen molar-refractivity contribution in [3.8, 4) is 5.75 Å². The molecule has 116 valence electrons. The first-order chi connectivity index (χ1) is 10.6. The molecule has 0 radical (unpaired) electrons. The molecule has 2 aromatic rings. The zero-order valence-electron chi connectivity index (χ0n) is 12.3. The molecule has 1 N–H and O–H groups in total. The van der Waals surface area contributed by atoms with Crippen LogP contribution in [0.3, 0.4) is 0 Å². The Balaban J connectivity index is 1.75. The van der Waals surface area contributed by atoms with Gasteiger partial charge < -0.3 is 14.7 Å². The Morgan fingerprint density at radius 3 is 2.45 bits per heavy atom. The van der Waals surface area contributed by atoms with E-state index < -0.39 is 6.10 Å². The number of ether oxygens (including phenoxy) is 1. The lowest BCUT2D eigenvalue weighted by Gasteiger charge is -2.11. The largest absolute Gasteiger partial charge is 0.491 e. The monoisotopic (exact) mass is 363 g/mol. The summed E-state index contributed by atoms with van der Waals surface area (Å²) in [5.41, 5.74) is 1.72. The molecule has 0 aliphatic rings. The molecule has 0 aromatic heterocycles. The molecule has 1 atom stereocenters. The van der Waals surface area contributed by atoms with Gasteiger partial charge in [0.05, 0.1) is 5.71 Å². The Bertz CT molecular complexity index is 599. The number of hydrogen-bond acceptors (Lipinski definition) is 4. The average molecular weight is 364 g/mol. The number of rotatable bonds is 7. The first kappa shape index (κ1) is 16.5. The zero-order chi connectivity index (χ0) is 15.8. The van der Waals surface area contributed by atoms with Crippen LogP contribution in [0, 0.1) is 0 Å². The second kappa shape index (κ2) is 8.56. The van der Waals surface area contributed by atoms with Crippen LogP contribution in [0.2, 0.25) is 0 Å². The van der Waals surface area contributed by atoms with Crippen molar-refractivity contribution < 1.29 is 14.7 Å². The molecule has 0 saturated carbocycles. The predicted molar refractivity (Wildman–Crippen MR) is 90.2 cm³/mol. The van der Waals surface area contributed by atoms with Crippen LogP contribution in [0.4, 0.5) is 0 Å². The Labute approximate surface area is 138 Å². The smallest absolute Gasteiger partial charge is 0.146 e. The summed E-state index contributed by atoms with van der Waals surface area (Å²) in [7, 11) is 0. The van der Waals surface area contributed by atoms with Crippen molar-refractivity contribution in [3.63, 3.8) is 0 Å². The summed E-state index contributed by atoms with van der Waals surface area (Å²) < 4.78 is 6.45. The number of para-hydroxylation sites is 1. The number of halogens is 1. The number of aliphatic hydroxyl groups is 1. The fraction of sp³-hybridized carbons (Fsp3) is 0.235. The van der Waals surface area contributed by atoms with Crippen LogP contribution < -0.4 is 4.74 Å². The van der Waals surface area contributed by atoms with Crippen LogP contribution in [0.15, 0.2) is 64.2 Å². The molecule has 0 bridgehead atoms. The molecule has 1 unspecified atom stereocenters. The maximum atomic E-state index is 9.80. The van der Waals surface area contributed by atoms with Crippen LogP contribution in [0.5, 0.6) is 5.75 Å². The number of hydrogen-bond donors (Lipinski definition) is 1. The fourth-order valence-corrected chi connectivity index (χ4v) is 1.99. The number of benzene rings is 2. The van der Waals surface area contributed by atoms with E-state index in [-0.39, 0.29) is 13.2 Å². The lowest BCUT2D eigenvalue weighted by molar-refractivity contribution is 0.0143. The number of oxime groups is 1. The standard InChI is InChI=1S/C17H18BrNO3/c1-13(14-7-9-15(18)10-8-14)19-22-12-16(20)11-21-17-5-3-2-4-6-17/h2-10,16,20H,11-12H2,1H3/b19-13+. The van der Waals surface area contributed by atoms with E-state index in [4.69, 9.17) is 9.57 Å². The van der Waals surface area contributed by atoms with Gasteiger partial charge in [-0.25, -0.2) is 0 Å². The van der Waals surface area contributed by atoms with E-state index in [9.17, 15) is 5.11 Å². The highest BCUT2D eigenvalue weighted by molar-refractivity contribution is 9.10. The highest BCUT2D eigenvalue weighted by Crippen LogP contribution is 2.11. The number of nitrogens with zero attached hydrogens (tertiary/aromatic N) is 1. The highest BCUT2D eigenvalue weighted by Gasteiger charge is 2.06. The molecule has 0 amide bonds. The average Bonchev–Trinajstić information content (AvgIpc) is 2.54. The summed E-state index contributed by atoms with van der Waals surface area (Å²) in [4.78, 5) is 5.18. The third-order valence-electron chi connectivity index (χ3n) is 2.92. The van der Waals surface area contributed by atoms with Gasteiger partial charge in [0, 0.05) is 4.47 Å². The molecular formula is C17H18BrNO3. The Morgan fingerprint density at radius 2 is 1.77 bits per heavy atom. The maximum absolute atomic E-state index is 9.80. The van der Waals surface area contributed by atoms with Gasteiger partial charge in [-0.2, -0.15) is 0 Å². The van der Waals surface area contributed by atoms with E-state index >= 15 is 0 Å². The van der Waals surface area contributed by atoms with Crippen molar-refractivity contribution in [2.24, 2.45) is 5.16 Å². The van der Waals surface area contributed by atoms with Gasteiger partial charge in [-0.15, -0.1) is 0 Å². The second-order valence-corrected chi connectivity index (χ2v) is 5.67. The van der Waals surface area contributed by atoms with Crippen LogP contribution in [0.25, 0.3) is 0 Å². The van der Waals surface area contributed by atoms with Gasteiger partial charge >= 0.3 is 0 Å². The molecule has 0 spiro atoms. The third-order valence-corrected chi connectivity index (χ3v) is 3.44. The summed E-state index contributed by atoms with van der Waals surface area (Å²) in [6.07, 6.45) is -0.735.